The quantitative estimate of drug-likeness (QED) is 0.516. The number of nitrogens with zero attached hydrogens (tertiary/aromatic N) is 4. The topological polar surface area (TPSA) is 55.1 Å². The molecule has 2 aromatic heterocycles. The molecule has 3 aromatic carbocycles. The van der Waals surface area contributed by atoms with Crippen molar-refractivity contribution in [3.63, 3.8) is 0 Å². The molecule has 0 saturated heterocycles. The maximum absolute atomic E-state index is 4.85. The van der Waals surface area contributed by atoms with Crippen molar-refractivity contribution in [1.29, 1.82) is 0 Å². The van der Waals surface area contributed by atoms with Crippen LogP contribution in [0.3, 0.4) is 0 Å². The zero-order valence-electron chi connectivity index (χ0n) is 14.6. The minimum absolute atomic E-state index is 0.680. The molecule has 5 rings (SSSR count). The van der Waals surface area contributed by atoms with E-state index in [4.69, 9.17) is 4.98 Å². The average molecular weight is 351 g/mol. The van der Waals surface area contributed by atoms with Crippen molar-refractivity contribution in [3.05, 3.63) is 90.5 Å². The maximum Gasteiger partial charge on any atom is 0.229 e. The van der Waals surface area contributed by atoms with Gasteiger partial charge in [0.05, 0.1) is 11.0 Å². The van der Waals surface area contributed by atoms with Crippen molar-refractivity contribution in [2.24, 2.45) is 0 Å². The molecular formula is C22H17N5. The van der Waals surface area contributed by atoms with Gasteiger partial charge >= 0.3 is 0 Å². The lowest BCUT2D eigenvalue weighted by Gasteiger charge is -2.10. The molecule has 5 aromatic rings. The molecule has 0 fully saturated rings. The summed E-state index contributed by atoms with van der Waals surface area (Å²) in [4.78, 5) is 4.85. The van der Waals surface area contributed by atoms with E-state index in [-0.39, 0.29) is 0 Å². The van der Waals surface area contributed by atoms with Gasteiger partial charge in [0.15, 0.2) is 5.65 Å². The van der Waals surface area contributed by atoms with E-state index in [1.165, 1.54) is 5.56 Å². The van der Waals surface area contributed by atoms with Gasteiger partial charge in [0.2, 0.25) is 5.95 Å². The van der Waals surface area contributed by atoms with Gasteiger partial charge in [0.1, 0.15) is 5.69 Å². The maximum atomic E-state index is 4.85. The van der Waals surface area contributed by atoms with Gasteiger partial charge in [-0.05, 0) is 17.7 Å². The third-order valence-corrected chi connectivity index (χ3v) is 4.57. The van der Waals surface area contributed by atoms with Crippen molar-refractivity contribution >= 4 is 22.6 Å². The Hall–Kier alpha value is -3.73. The standard InChI is InChI=1S/C22H17N5/c1-3-9-16(10-4-1)15-23-22-26-25-21-20(17-11-5-2-6-12-17)24-18-13-7-8-14-19(18)27(21)22/h1-14H,15H2,(H,23,26). The monoisotopic (exact) mass is 351 g/mol. The number of nitrogens with one attached hydrogen (secondary N) is 1. The summed E-state index contributed by atoms with van der Waals surface area (Å²) in [5, 5.41) is 12.3. The fraction of sp³-hybridized carbons (Fsp3) is 0.0455. The first-order chi connectivity index (χ1) is 13.4. The Kier molecular flexibility index (Phi) is 3.76. The van der Waals surface area contributed by atoms with Crippen LogP contribution in [0.5, 0.6) is 0 Å². The summed E-state index contributed by atoms with van der Waals surface area (Å²) in [6.45, 7) is 0.680. The SMILES string of the molecule is c1ccc(CNc2nnc3c(-c4ccccc4)nc4ccccc4n23)cc1. The first-order valence-electron chi connectivity index (χ1n) is 8.87. The molecule has 130 valence electrons. The lowest BCUT2D eigenvalue weighted by Crippen LogP contribution is -2.05. The average Bonchev–Trinajstić information content (AvgIpc) is 3.17. The molecule has 0 amide bonds. The second kappa shape index (κ2) is 6.53. The second-order valence-corrected chi connectivity index (χ2v) is 6.34. The molecule has 0 spiro atoms. The number of fused-ring (bicyclic) bond motifs is 3. The zero-order chi connectivity index (χ0) is 18.1. The van der Waals surface area contributed by atoms with Crippen molar-refractivity contribution in [2.75, 3.05) is 5.32 Å². The summed E-state index contributed by atoms with van der Waals surface area (Å²) in [6.07, 6.45) is 0. The molecule has 0 bridgehead atoms. The van der Waals surface area contributed by atoms with Crippen LogP contribution >= 0.6 is 0 Å². The molecule has 0 unspecified atom stereocenters. The first-order valence-corrected chi connectivity index (χ1v) is 8.87. The summed E-state index contributed by atoms with van der Waals surface area (Å²) >= 11 is 0. The van der Waals surface area contributed by atoms with Gasteiger partial charge in [0, 0.05) is 12.1 Å². The number of rotatable bonds is 4. The van der Waals surface area contributed by atoms with Crippen LogP contribution in [0.1, 0.15) is 5.56 Å². The summed E-state index contributed by atoms with van der Waals surface area (Å²) in [5.74, 6) is 0.713. The number of hydrogen-bond donors (Lipinski definition) is 1. The van der Waals surface area contributed by atoms with Gasteiger partial charge in [0.25, 0.3) is 0 Å². The van der Waals surface area contributed by atoms with Gasteiger partial charge in [-0.25, -0.2) is 4.98 Å². The van der Waals surface area contributed by atoms with Gasteiger partial charge in [-0.3, -0.25) is 4.40 Å². The summed E-state index contributed by atoms with van der Waals surface area (Å²) < 4.78 is 2.05. The number of hydrogen-bond acceptors (Lipinski definition) is 4. The Bertz CT molecular complexity index is 1210. The molecule has 0 radical (unpaired) electrons. The van der Waals surface area contributed by atoms with E-state index >= 15 is 0 Å². The molecule has 0 atom stereocenters. The number of aromatic nitrogens is 4. The Morgan fingerprint density at radius 2 is 1.44 bits per heavy atom. The Morgan fingerprint density at radius 1 is 0.741 bits per heavy atom. The largest absolute Gasteiger partial charge is 0.350 e. The molecular weight excluding hydrogens is 334 g/mol. The van der Waals surface area contributed by atoms with Crippen molar-refractivity contribution < 1.29 is 0 Å². The minimum atomic E-state index is 0.680. The Labute approximate surface area is 156 Å². The van der Waals surface area contributed by atoms with E-state index in [0.717, 1.165) is 27.9 Å². The molecule has 0 saturated carbocycles. The van der Waals surface area contributed by atoms with E-state index in [1.54, 1.807) is 0 Å². The molecule has 5 heteroatoms. The summed E-state index contributed by atoms with van der Waals surface area (Å²) in [6, 6.07) is 28.4. The minimum Gasteiger partial charge on any atom is -0.350 e. The third-order valence-electron chi connectivity index (χ3n) is 4.57. The number of para-hydroxylation sites is 2. The molecule has 0 aliphatic rings. The first kappa shape index (κ1) is 15.5. The zero-order valence-corrected chi connectivity index (χ0v) is 14.6. The molecule has 0 aliphatic heterocycles. The number of benzene rings is 3. The van der Waals surface area contributed by atoms with Gasteiger partial charge in [-0.1, -0.05) is 72.8 Å². The second-order valence-electron chi connectivity index (χ2n) is 6.34. The molecule has 27 heavy (non-hydrogen) atoms. The fourth-order valence-corrected chi connectivity index (χ4v) is 3.27. The van der Waals surface area contributed by atoms with Crippen LogP contribution in [0.4, 0.5) is 5.95 Å². The van der Waals surface area contributed by atoms with Crippen LogP contribution in [-0.2, 0) is 6.54 Å². The highest BCUT2D eigenvalue weighted by Crippen LogP contribution is 2.27. The van der Waals surface area contributed by atoms with Crippen LogP contribution in [0.15, 0.2) is 84.9 Å². The van der Waals surface area contributed by atoms with E-state index < -0.39 is 0 Å². The lowest BCUT2D eigenvalue weighted by atomic mass is 10.1. The third kappa shape index (κ3) is 2.79. The van der Waals surface area contributed by atoms with E-state index in [0.29, 0.717) is 12.5 Å². The molecule has 5 nitrogen and oxygen atoms in total. The van der Waals surface area contributed by atoms with E-state index in [9.17, 15) is 0 Å². The van der Waals surface area contributed by atoms with Crippen LogP contribution in [0, 0.1) is 0 Å². The molecule has 2 heterocycles. The van der Waals surface area contributed by atoms with Gasteiger partial charge in [-0.2, -0.15) is 0 Å². The van der Waals surface area contributed by atoms with Crippen LogP contribution in [0.2, 0.25) is 0 Å². The summed E-state index contributed by atoms with van der Waals surface area (Å²) in [5.41, 5.74) is 5.68. The van der Waals surface area contributed by atoms with Crippen LogP contribution in [0.25, 0.3) is 27.9 Å². The highest BCUT2D eigenvalue weighted by molar-refractivity contribution is 5.86. The molecule has 0 aliphatic carbocycles. The molecule has 1 N–H and O–H groups in total. The van der Waals surface area contributed by atoms with E-state index in [1.807, 2.05) is 77.2 Å². The highest BCUT2D eigenvalue weighted by atomic mass is 15.3. The predicted octanol–water partition coefficient (Wildman–Crippen LogP) is 4.56. The fourth-order valence-electron chi connectivity index (χ4n) is 3.27. The van der Waals surface area contributed by atoms with Crippen molar-refractivity contribution in [3.8, 4) is 11.3 Å². The van der Waals surface area contributed by atoms with Gasteiger partial charge in [-0.15, -0.1) is 10.2 Å². The van der Waals surface area contributed by atoms with Crippen molar-refractivity contribution in [1.82, 2.24) is 19.6 Å². The predicted molar refractivity (Wildman–Crippen MR) is 107 cm³/mol. The van der Waals surface area contributed by atoms with Crippen LogP contribution in [-0.4, -0.2) is 19.6 Å². The Balaban J connectivity index is 1.68. The van der Waals surface area contributed by atoms with Crippen LogP contribution < -0.4 is 5.32 Å². The Morgan fingerprint density at radius 3 is 2.26 bits per heavy atom. The smallest absolute Gasteiger partial charge is 0.229 e. The van der Waals surface area contributed by atoms with Gasteiger partial charge < -0.3 is 5.32 Å². The summed E-state index contributed by atoms with van der Waals surface area (Å²) in [7, 11) is 0. The normalized spacial score (nSPS) is 11.1. The number of anilines is 1. The van der Waals surface area contributed by atoms with E-state index in [2.05, 4.69) is 27.6 Å². The highest BCUT2D eigenvalue weighted by Gasteiger charge is 2.15. The van der Waals surface area contributed by atoms with Crippen molar-refractivity contribution in [2.45, 2.75) is 6.54 Å². The lowest BCUT2D eigenvalue weighted by molar-refractivity contribution is 1.04.